The summed E-state index contributed by atoms with van der Waals surface area (Å²) in [5.74, 6) is 1.08. The molecule has 10 nitrogen and oxygen atoms in total. The second kappa shape index (κ2) is 21.8. The molecule has 1 aromatic heterocycles. The van der Waals surface area contributed by atoms with Gasteiger partial charge in [-0.2, -0.15) is 0 Å². The third-order valence-corrected chi connectivity index (χ3v) is 14.7. The van der Waals surface area contributed by atoms with Crippen LogP contribution in [0.25, 0.3) is 0 Å². The van der Waals surface area contributed by atoms with Gasteiger partial charge in [-0.05, 0) is 120 Å². The average Bonchev–Trinajstić information content (AvgIpc) is 3.74. The van der Waals surface area contributed by atoms with Crippen molar-refractivity contribution >= 4 is 24.9 Å². The first kappa shape index (κ1) is 54.7. The van der Waals surface area contributed by atoms with Crippen LogP contribution in [0.2, 0.25) is 0 Å². The third-order valence-electron chi connectivity index (χ3n) is 14.7. The Balaban J connectivity index is 1.10. The van der Waals surface area contributed by atoms with E-state index in [1.807, 2.05) is 37.0 Å². The van der Waals surface area contributed by atoms with Crippen LogP contribution in [0.4, 0.5) is 0 Å². The van der Waals surface area contributed by atoms with Crippen molar-refractivity contribution in [3.05, 3.63) is 134 Å². The first-order valence-corrected chi connectivity index (χ1v) is 26.7. The zero-order valence-corrected chi connectivity index (χ0v) is 46.5. The van der Waals surface area contributed by atoms with Gasteiger partial charge in [0.1, 0.15) is 48.5 Å². The van der Waals surface area contributed by atoms with Crippen molar-refractivity contribution in [3.8, 4) is 23.0 Å². The molecule has 0 aliphatic heterocycles. The fraction of sp³-hybridized carbons (Fsp3) is 0.508. The van der Waals surface area contributed by atoms with Crippen LogP contribution in [0.5, 0.6) is 23.0 Å². The number of nitrogens with zero attached hydrogens (tertiary/aromatic N) is 6. The SMILES string of the molecule is Cc1cc(C=NC2CCCCC2N=Cc2cc(Cn3cc[n+](Cc4cc(C=NC5CCCCC5N=Cc5cc(C)cc(C(C)(C)C)c5O)c(O)c(C(C)(C)C)c4)c3)cc(C(C)(C)C)c2O)c(O)c(C(C)(C)C)c1. The minimum absolute atomic E-state index is 0.0275. The number of imidazole rings is 1. The van der Waals surface area contributed by atoms with Gasteiger partial charge in [0.2, 0.25) is 6.33 Å². The molecule has 73 heavy (non-hydrogen) atoms. The molecule has 4 N–H and O–H groups in total. The Morgan fingerprint density at radius 1 is 0.466 bits per heavy atom. The Kier molecular flexibility index (Phi) is 16.4. The first-order chi connectivity index (χ1) is 34.1. The van der Waals surface area contributed by atoms with Crippen LogP contribution in [0.15, 0.2) is 87.2 Å². The maximum absolute atomic E-state index is 11.7. The second-order valence-electron chi connectivity index (χ2n) is 25.4. The quantitative estimate of drug-likeness (QED) is 0.0730. The van der Waals surface area contributed by atoms with Gasteiger partial charge in [0, 0.05) is 69.4 Å². The highest BCUT2D eigenvalue weighted by atomic mass is 16.3. The van der Waals surface area contributed by atoms with Gasteiger partial charge in [-0.1, -0.05) is 121 Å². The lowest BCUT2D eigenvalue weighted by Crippen LogP contribution is -2.32. The molecule has 4 atom stereocenters. The van der Waals surface area contributed by atoms with Crippen LogP contribution in [0, 0.1) is 13.8 Å². The van der Waals surface area contributed by atoms with Gasteiger partial charge < -0.3 is 20.4 Å². The monoisotopic (exact) mass is 990 g/mol. The van der Waals surface area contributed by atoms with E-state index < -0.39 is 0 Å². The molecule has 4 unspecified atom stereocenters. The number of phenolic OH excluding ortho intramolecular Hbond substituents is 4. The predicted octanol–water partition coefficient (Wildman–Crippen LogP) is 13.2. The largest absolute Gasteiger partial charge is 0.507 e. The van der Waals surface area contributed by atoms with E-state index in [9.17, 15) is 20.4 Å². The number of aromatic hydroxyl groups is 4. The Hall–Kier alpha value is -6.03. The number of phenols is 4. The van der Waals surface area contributed by atoms with Gasteiger partial charge in [-0.15, -0.1) is 0 Å². The molecule has 0 spiro atoms. The molecule has 7 rings (SSSR count). The number of aryl methyl sites for hydroxylation is 2. The summed E-state index contributed by atoms with van der Waals surface area (Å²) in [4.78, 5) is 20.3. The van der Waals surface area contributed by atoms with Crippen LogP contribution < -0.4 is 4.57 Å². The zero-order valence-electron chi connectivity index (χ0n) is 46.5. The summed E-state index contributed by atoms with van der Waals surface area (Å²) in [5.41, 5.74) is 9.72. The molecule has 0 bridgehead atoms. The van der Waals surface area contributed by atoms with Gasteiger partial charge in [-0.25, -0.2) is 9.13 Å². The van der Waals surface area contributed by atoms with Crippen molar-refractivity contribution in [3.63, 3.8) is 0 Å². The summed E-state index contributed by atoms with van der Waals surface area (Å²) in [6.07, 6.45) is 21.6. The average molecular weight is 990 g/mol. The molecule has 1 heterocycles. The molecule has 2 saturated carbocycles. The predicted molar refractivity (Wildman–Crippen MR) is 302 cm³/mol. The van der Waals surface area contributed by atoms with Gasteiger partial charge in [0.25, 0.3) is 0 Å². The summed E-state index contributed by atoms with van der Waals surface area (Å²) >= 11 is 0. The maximum Gasteiger partial charge on any atom is 0.244 e. The lowest BCUT2D eigenvalue weighted by Gasteiger charge is -2.26. The first-order valence-electron chi connectivity index (χ1n) is 26.7. The number of aliphatic imine (C=N–C) groups is 4. The number of aromatic nitrogens is 2. The van der Waals surface area contributed by atoms with E-state index in [4.69, 9.17) is 20.0 Å². The normalized spacial score (nSPS) is 19.6. The highest BCUT2D eigenvalue weighted by Crippen LogP contribution is 2.38. The Labute approximate surface area is 436 Å². The molecule has 4 aromatic carbocycles. The fourth-order valence-corrected chi connectivity index (χ4v) is 10.5. The van der Waals surface area contributed by atoms with E-state index in [2.05, 4.69) is 161 Å². The highest BCUT2D eigenvalue weighted by molar-refractivity contribution is 5.87. The topological polar surface area (TPSA) is 139 Å². The van der Waals surface area contributed by atoms with Crippen LogP contribution in [0.3, 0.4) is 0 Å². The summed E-state index contributed by atoms with van der Waals surface area (Å²) in [7, 11) is 0. The Bertz CT molecular complexity index is 2700. The van der Waals surface area contributed by atoms with Crippen LogP contribution in [-0.4, -0.2) is 74.0 Å². The molecule has 2 aliphatic rings. The van der Waals surface area contributed by atoms with Crippen molar-refractivity contribution in [2.24, 2.45) is 20.0 Å². The van der Waals surface area contributed by atoms with E-state index in [1.165, 1.54) is 0 Å². The highest BCUT2D eigenvalue weighted by Gasteiger charge is 2.29. The number of hydrogen-bond acceptors (Lipinski definition) is 8. The van der Waals surface area contributed by atoms with Crippen LogP contribution >= 0.6 is 0 Å². The molecule has 5 aromatic rings. The van der Waals surface area contributed by atoms with Crippen molar-refractivity contribution in [2.75, 3.05) is 0 Å². The lowest BCUT2D eigenvalue weighted by atomic mass is 9.84. The summed E-state index contributed by atoms with van der Waals surface area (Å²) in [6.45, 7) is 30.7. The molecule has 10 heteroatoms. The van der Waals surface area contributed by atoms with Crippen molar-refractivity contribution in [1.29, 1.82) is 0 Å². The number of benzene rings is 4. The van der Waals surface area contributed by atoms with E-state index in [-0.39, 0.29) is 68.8 Å². The molecular weight excluding hydrogens is 905 g/mol. The smallest absolute Gasteiger partial charge is 0.244 e. The summed E-state index contributed by atoms with van der Waals surface area (Å²) in [5, 5.41) is 45.9. The van der Waals surface area contributed by atoms with E-state index in [0.29, 0.717) is 24.2 Å². The Morgan fingerprint density at radius 3 is 1.14 bits per heavy atom. The molecular formula is C63H85N6O4+. The second-order valence-corrected chi connectivity index (χ2v) is 25.4. The molecule has 2 aliphatic carbocycles. The summed E-state index contributed by atoms with van der Waals surface area (Å²) in [6, 6.07) is 16.3. The van der Waals surface area contributed by atoms with E-state index >= 15 is 0 Å². The fourth-order valence-electron chi connectivity index (χ4n) is 10.5. The standard InChI is InChI=1S/C63H84N6O4/c1-40-25-44(56(70)48(27-40)60(3,4)5)33-64-52-19-15-17-21-54(52)66-35-46-29-42(31-50(58(46)72)62(9,10)11)37-68-23-24-69(39-68)38-43-30-47(59(73)51(32-43)63(12,13)14)36-67-55-22-18-16-20-53(55)65-34-45-26-41(2)28-49(57(45)71)61(6,7)8/h23-36,39,52-55H,15-22,37-38H2,1-14H3,(H3-,64,65,66,67,70,71,72,73)/p+1. The van der Waals surface area contributed by atoms with Crippen LogP contribution in [0.1, 0.15) is 201 Å². The van der Waals surface area contributed by atoms with Gasteiger partial charge in [-0.3, -0.25) is 20.0 Å². The van der Waals surface area contributed by atoms with Gasteiger partial charge >= 0.3 is 0 Å². The Morgan fingerprint density at radius 2 is 0.781 bits per heavy atom. The van der Waals surface area contributed by atoms with E-state index in [1.54, 1.807) is 0 Å². The van der Waals surface area contributed by atoms with E-state index in [0.717, 1.165) is 107 Å². The number of rotatable bonds is 12. The minimum atomic E-state index is -0.309. The molecule has 0 amide bonds. The lowest BCUT2D eigenvalue weighted by molar-refractivity contribution is -0.687. The van der Waals surface area contributed by atoms with Gasteiger partial charge in [0.15, 0.2) is 0 Å². The maximum atomic E-state index is 11.7. The molecule has 0 saturated heterocycles. The molecule has 390 valence electrons. The molecule has 2 fully saturated rings. The van der Waals surface area contributed by atoms with Crippen LogP contribution in [-0.2, 0) is 34.7 Å². The molecule has 0 radical (unpaired) electrons. The van der Waals surface area contributed by atoms with Gasteiger partial charge in [0.05, 0.1) is 24.2 Å². The minimum Gasteiger partial charge on any atom is -0.507 e. The zero-order chi connectivity index (χ0) is 53.2. The van der Waals surface area contributed by atoms with Crippen molar-refractivity contribution < 1.29 is 25.0 Å². The van der Waals surface area contributed by atoms with Crippen molar-refractivity contribution in [1.82, 2.24) is 4.57 Å². The third kappa shape index (κ3) is 13.6. The summed E-state index contributed by atoms with van der Waals surface area (Å²) < 4.78 is 4.32. The van der Waals surface area contributed by atoms with Crippen molar-refractivity contribution in [2.45, 2.75) is 207 Å². The number of hydrogen-bond donors (Lipinski definition) is 4.